The van der Waals surface area contributed by atoms with Crippen molar-refractivity contribution < 1.29 is 13.2 Å². The first-order valence-corrected chi connectivity index (χ1v) is 9.27. The Hall–Kier alpha value is -0.500. The SMILES string of the molecule is O=C(CS(=O)(=O)c1ccccc1Br)c1sccc1Br. The van der Waals surface area contributed by atoms with Crippen LogP contribution in [0.15, 0.2) is 49.6 Å². The molecule has 1 aromatic carbocycles. The average Bonchev–Trinajstić information content (AvgIpc) is 2.75. The van der Waals surface area contributed by atoms with Crippen molar-refractivity contribution in [3.8, 4) is 0 Å². The van der Waals surface area contributed by atoms with E-state index in [0.29, 0.717) is 13.8 Å². The maximum Gasteiger partial charge on any atom is 0.189 e. The Bertz CT molecular complexity index is 720. The average molecular weight is 424 g/mol. The molecule has 0 aliphatic rings. The van der Waals surface area contributed by atoms with Gasteiger partial charge >= 0.3 is 0 Å². The molecule has 0 amide bonds. The summed E-state index contributed by atoms with van der Waals surface area (Å²) in [6, 6.07) is 8.20. The van der Waals surface area contributed by atoms with Crippen LogP contribution in [0.2, 0.25) is 0 Å². The van der Waals surface area contributed by atoms with Gasteiger partial charge in [0, 0.05) is 8.95 Å². The van der Waals surface area contributed by atoms with E-state index in [2.05, 4.69) is 31.9 Å². The lowest BCUT2D eigenvalue weighted by Crippen LogP contribution is -2.16. The molecule has 0 bridgehead atoms. The summed E-state index contributed by atoms with van der Waals surface area (Å²) in [5, 5.41) is 1.74. The van der Waals surface area contributed by atoms with E-state index in [1.54, 1.807) is 29.6 Å². The smallest absolute Gasteiger partial charge is 0.189 e. The predicted molar refractivity (Wildman–Crippen MR) is 82.5 cm³/mol. The number of carbonyl (C=O) groups is 1. The zero-order chi connectivity index (χ0) is 14.0. The summed E-state index contributed by atoms with van der Waals surface area (Å²) in [7, 11) is -3.64. The standard InChI is InChI=1S/C12H8Br2O3S2/c13-8-3-1-2-4-11(8)19(16,17)7-10(15)12-9(14)5-6-18-12/h1-6H,7H2. The van der Waals surface area contributed by atoms with Gasteiger partial charge in [-0.1, -0.05) is 12.1 Å². The van der Waals surface area contributed by atoms with Crippen molar-refractivity contribution in [1.82, 2.24) is 0 Å². The largest absolute Gasteiger partial charge is 0.292 e. The Morgan fingerprint density at radius 2 is 1.79 bits per heavy atom. The molecule has 0 aliphatic heterocycles. The summed E-state index contributed by atoms with van der Waals surface area (Å²) in [6.07, 6.45) is 0. The molecule has 19 heavy (non-hydrogen) atoms. The second-order valence-electron chi connectivity index (χ2n) is 3.71. The van der Waals surface area contributed by atoms with Crippen LogP contribution in [0.4, 0.5) is 0 Å². The molecule has 1 aromatic heterocycles. The second-order valence-corrected chi connectivity index (χ2v) is 8.29. The van der Waals surface area contributed by atoms with Gasteiger partial charge in [0.2, 0.25) is 0 Å². The zero-order valence-electron chi connectivity index (χ0n) is 9.47. The van der Waals surface area contributed by atoms with E-state index in [4.69, 9.17) is 0 Å². The topological polar surface area (TPSA) is 51.2 Å². The minimum Gasteiger partial charge on any atom is -0.292 e. The maximum atomic E-state index is 12.2. The Labute approximate surface area is 131 Å². The number of halogens is 2. The van der Waals surface area contributed by atoms with E-state index in [-0.39, 0.29) is 4.90 Å². The molecule has 0 atom stereocenters. The van der Waals surface area contributed by atoms with Crippen LogP contribution < -0.4 is 0 Å². The molecule has 100 valence electrons. The van der Waals surface area contributed by atoms with E-state index < -0.39 is 21.4 Å². The zero-order valence-corrected chi connectivity index (χ0v) is 14.3. The number of benzene rings is 1. The first kappa shape index (κ1) is 14.9. The number of ketones is 1. The number of thiophene rings is 1. The van der Waals surface area contributed by atoms with Crippen LogP contribution in [-0.2, 0) is 9.84 Å². The highest BCUT2D eigenvalue weighted by Gasteiger charge is 2.24. The number of hydrogen-bond donors (Lipinski definition) is 0. The molecule has 0 aliphatic carbocycles. The molecule has 0 radical (unpaired) electrons. The fourth-order valence-corrected chi connectivity index (χ4v) is 5.45. The third-order valence-corrected chi connectivity index (χ3v) is 6.86. The van der Waals surface area contributed by atoms with Gasteiger partial charge in [-0.25, -0.2) is 8.42 Å². The molecule has 0 unspecified atom stereocenters. The van der Waals surface area contributed by atoms with Crippen molar-refractivity contribution in [3.05, 3.63) is 49.5 Å². The van der Waals surface area contributed by atoms with Gasteiger partial charge in [-0.05, 0) is 55.4 Å². The van der Waals surface area contributed by atoms with Crippen LogP contribution in [0.1, 0.15) is 9.67 Å². The van der Waals surface area contributed by atoms with E-state index in [1.807, 2.05) is 0 Å². The minimum atomic E-state index is -3.64. The van der Waals surface area contributed by atoms with Gasteiger partial charge < -0.3 is 0 Å². The third-order valence-electron chi connectivity index (χ3n) is 2.36. The molecule has 2 aromatic rings. The van der Waals surface area contributed by atoms with E-state index in [9.17, 15) is 13.2 Å². The van der Waals surface area contributed by atoms with Gasteiger partial charge in [0.05, 0.1) is 9.77 Å². The van der Waals surface area contributed by atoms with Crippen LogP contribution in [0.25, 0.3) is 0 Å². The molecule has 2 rings (SSSR count). The molecule has 0 N–H and O–H groups in total. The van der Waals surface area contributed by atoms with E-state index in [0.717, 1.165) is 0 Å². The van der Waals surface area contributed by atoms with Crippen LogP contribution in [0, 0.1) is 0 Å². The van der Waals surface area contributed by atoms with Crippen LogP contribution in [0.5, 0.6) is 0 Å². The van der Waals surface area contributed by atoms with Gasteiger partial charge in [0.25, 0.3) is 0 Å². The Morgan fingerprint density at radius 1 is 1.11 bits per heavy atom. The van der Waals surface area contributed by atoms with Crippen LogP contribution >= 0.6 is 43.2 Å². The summed E-state index contributed by atoms with van der Waals surface area (Å²) >= 11 is 7.64. The second kappa shape index (κ2) is 5.87. The quantitative estimate of drug-likeness (QED) is 0.700. The lowest BCUT2D eigenvalue weighted by Gasteiger charge is -2.05. The first-order chi connectivity index (χ1) is 8.92. The predicted octanol–water partition coefficient (Wildman–Crippen LogP) is 3.93. The molecule has 7 heteroatoms. The minimum absolute atomic E-state index is 0.135. The van der Waals surface area contributed by atoms with Crippen LogP contribution in [-0.4, -0.2) is 20.0 Å². The van der Waals surface area contributed by atoms with E-state index >= 15 is 0 Å². The van der Waals surface area contributed by atoms with Crippen molar-refractivity contribution in [2.24, 2.45) is 0 Å². The Balaban J connectivity index is 2.31. The number of sulfone groups is 1. The summed E-state index contributed by atoms with van der Waals surface area (Å²) in [4.78, 5) is 12.6. The molecule has 0 saturated carbocycles. The van der Waals surface area contributed by atoms with Crippen molar-refractivity contribution in [2.45, 2.75) is 4.90 Å². The number of carbonyl (C=O) groups excluding carboxylic acids is 1. The lowest BCUT2D eigenvalue weighted by atomic mass is 10.3. The highest BCUT2D eigenvalue weighted by Crippen LogP contribution is 2.26. The van der Waals surface area contributed by atoms with Crippen molar-refractivity contribution in [2.75, 3.05) is 5.75 Å². The summed E-state index contributed by atoms with van der Waals surface area (Å²) in [5.74, 6) is -0.938. The van der Waals surface area contributed by atoms with Gasteiger partial charge in [-0.2, -0.15) is 0 Å². The lowest BCUT2D eigenvalue weighted by molar-refractivity contribution is 0.102. The Morgan fingerprint density at radius 3 is 2.37 bits per heavy atom. The normalized spacial score (nSPS) is 11.5. The molecule has 1 heterocycles. The van der Waals surface area contributed by atoms with Gasteiger partial charge in [0.15, 0.2) is 15.6 Å². The number of hydrogen-bond acceptors (Lipinski definition) is 4. The van der Waals surface area contributed by atoms with Gasteiger partial charge in [-0.3, -0.25) is 4.79 Å². The highest BCUT2D eigenvalue weighted by atomic mass is 79.9. The molecule has 0 saturated heterocycles. The highest BCUT2D eigenvalue weighted by molar-refractivity contribution is 9.10. The van der Waals surface area contributed by atoms with Crippen molar-refractivity contribution >= 4 is 58.8 Å². The molecule has 0 fully saturated rings. The summed E-state index contributed by atoms with van der Waals surface area (Å²) in [5.41, 5.74) is 0. The van der Waals surface area contributed by atoms with Crippen LogP contribution in [0.3, 0.4) is 0 Å². The fraction of sp³-hybridized carbons (Fsp3) is 0.0833. The van der Waals surface area contributed by atoms with Gasteiger partial charge in [0.1, 0.15) is 5.75 Å². The van der Waals surface area contributed by atoms with E-state index in [1.165, 1.54) is 17.4 Å². The molecular weight excluding hydrogens is 416 g/mol. The molecular formula is C12H8Br2O3S2. The maximum absolute atomic E-state index is 12.2. The third kappa shape index (κ3) is 3.34. The molecule has 0 spiro atoms. The fourth-order valence-electron chi connectivity index (χ4n) is 1.51. The number of Topliss-reactive ketones (excluding diaryl/α,β-unsaturated/α-hetero) is 1. The van der Waals surface area contributed by atoms with Crippen molar-refractivity contribution in [1.29, 1.82) is 0 Å². The Kier molecular flexibility index (Phi) is 4.60. The van der Waals surface area contributed by atoms with Crippen molar-refractivity contribution in [3.63, 3.8) is 0 Å². The first-order valence-electron chi connectivity index (χ1n) is 5.15. The summed E-state index contributed by atoms with van der Waals surface area (Å²) < 4.78 is 25.5. The number of rotatable bonds is 4. The monoisotopic (exact) mass is 422 g/mol. The molecule has 3 nitrogen and oxygen atoms in total. The summed E-state index contributed by atoms with van der Waals surface area (Å²) in [6.45, 7) is 0. The van der Waals surface area contributed by atoms with Gasteiger partial charge in [-0.15, -0.1) is 11.3 Å².